The van der Waals surface area contributed by atoms with Crippen molar-refractivity contribution < 1.29 is 4.74 Å². The van der Waals surface area contributed by atoms with Crippen LogP contribution in [0.1, 0.15) is 12.5 Å². The summed E-state index contributed by atoms with van der Waals surface area (Å²) in [5.74, 6) is 1.48. The molecule has 6 heteroatoms. The number of hydrogen-bond acceptors (Lipinski definition) is 5. The highest BCUT2D eigenvalue weighted by Gasteiger charge is 2.18. The zero-order valence-corrected chi connectivity index (χ0v) is 15.1. The average molecular weight is 350 g/mol. The largest absolute Gasteiger partial charge is 0.497 e. The lowest BCUT2D eigenvalue weighted by atomic mass is 10.2. The van der Waals surface area contributed by atoms with Gasteiger partial charge in [0.2, 0.25) is 0 Å². The van der Waals surface area contributed by atoms with Crippen LogP contribution in [0, 0.1) is 18.3 Å². The van der Waals surface area contributed by atoms with Crippen LogP contribution in [0.15, 0.2) is 53.7 Å². The first-order chi connectivity index (χ1) is 12.1. The SMILES string of the molecule is COc1cccc(-c2nnc(SC(C)C#N)n2-c2ccc(C)cc2)c1. The van der Waals surface area contributed by atoms with E-state index < -0.39 is 0 Å². The van der Waals surface area contributed by atoms with E-state index in [9.17, 15) is 0 Å². The molecule has 0 aliphatic rings. The quantitative estimate of drug-likeness (QED) is 0.644. The second kappa shape index (κ2) is 7.41. The maximum atomic E-state index is 9.14. The molecule has 0 amide bonds. The van der Waals surface area contributed by atoms with Crippen molar-refractivity contribution in [2.75, 3.05) is 7.11 Å². The molecule has 0 spiro atoms. The molecule has 0 bridgehead atoms. The molecule has 0 saturated carbocycles. The Bertz CT molecular complexity index is 912. The molecule has 0 fully saturated rings. The van der Waals surface area contributed by atoms with Gasteiger partial charge in [0.15, 0.2) is 11.0 Å². The minimum absolute atomic E-state index is 0.216. The lowest BCUT2D eigenvalue weighted by Crippen LogP contribution is -2.02. The number of methoxy groups -OCH3 is 1. The standard InChI is InChI=1S/C19H18N4OS/c1-13-7-9-16(10-8-13)23-18(15-5-4-6-17(11-15)24-3)21-22-19(23)25-14(2)12-20/h4-11,14H,1-3H3. The van der Waals surface area contributed by atoms with Crippen LogP contribution in [0.5, 0.6) is 5.75 Å². The van der Waals surface area contributed by atoms with Crippen molar-refractivity contribution in [1.29, 1.82) is 5.26 Å². The number of ether oxygens (including phenoxy) is 1. The fraction of sp³-hybridized carbons (Fsp3) is 0.211. The predicted octanol–water partition coefficient (Wildman–Crippen LogP) is 4.26. The van der Waals surface area contributed by atoms with Crippen molar-refractivity contribution in [2.45, 2.75) is 24.3 Å². The van der Waals surface area contributed by atoms with Gasteiger partial charge in [-0.1, -0.05) is 41.6 Å². The number of benzene rings is 2. The fourth-order valence-electron chi connectivity index (χ4n) is 2.41. The summed E-state index contributed by atoms with van der Waals surface area (Å²) in [6.45, 7) is 3.90. The smallest absolute Gasteiger partial charge is 0.197 e. The van der Waals surface area contributed by atoms with Crippen LogP contribution in [0.25, 0.3) is 17.1 Å². The number of rotatable bonds is 5. The first-order valence-corrected chi connectivity index (χ1v) is 8.73. The van der Waals surface area contributed by atoms with E-state index >= 15 is 0 Å². The van der Waals surface area contributed by atoms with Gasteiger partial charge in [-0.05, 0) is 38.1 Å². The molecule has 3 aromatic rings. The number of aryl methyl sites for hydroxylation is 1. The van der Waals surface area contributed by atoms with E-state index in [0.717, 1.165) is 22.8 Å². The molecule has 25 heavy (non-hydrogen) atoms. The summed E-state index contributed by atoms with van der Waals surface area (Å²) in [7, 11) is 1.64. The van der Waals surface area contributed by atoms with Crippen LogP contribution in [-0.4, -0.2) is 27.1 Å². The monoisotopic (exact) mass is 350 g/mol. The van der Waals surface area contributed by atoms with Gasteiger partial charge in [0.1, 0.15) is 5.75 Å². The maximum Gasteiger partial charge on any atom is 0.197 e. The molecular weight excluding hydrogens is 332 g/mol. The second-order valence-electron chi connectivity index (χ2n) is 5.60. The molecule has 1 unspecified atom stereocenters. The molecule has 0 saturated heterocycles. The normalized spacial score (nSPS) is 11.8. The highest BCUT2D eigenvalue weighted by molar-refractivity contribution is 8.00. The number of nitrogens with zero attached hydrogens (tertiary/aromatic N) is 4. The zero-order valence-electron chi connectivity index (χ0n) is 14.3. The van der Waals surface area contributed by atoms with Gasteiger partial charge in [0, 0.05) is 11.3 Å². The first-order valence-electron chi connectivity index (χ1n) is 7.85. The number of aromatic nitrogens is 3. The zero-order chi connectivity index (χ0) is 17.8. The van der Waals surface area contributed by atoms with Gasteiger partial charge < -0.3 is 4.74 Å². The summed E-state index contributed by atoms with van der Waals surface area (Å²) < 4.78 is 7.30. The van der Waals surface area contributed by atoms with Gasteiger partial charge >= 0.3 is 0 Å². The third-order valence-corrected chi connectivity index (χ3v) is 4.65. The van der Waals surface area contributed by atoms with Gasteiger partial charge in [0.25, 0.3) is 0 Å². The van der Waals surface area contributed by atoms with Crippen molar-refractivity contribution >= 4 is 11.8 Å². The summed E-state index contributed by atoms with van der Waals surface area (Å²) in [5.41, 5.74) is 3.05. The van der Waals surface area contributed by atoms with Crippen molar-refractivity contribution in [1.82, 2.24) is 14.8 Å². The van der Waals surface area contributed by atoms with Crippen LogP contribution in [0.4, 0.5) is 0 Å². The van der Waals surface area contributed by atoms with Gasteiger partial charge in [-0.2, -0.15) is 5.26 Å². The Morgan fingerprint density at radius 2 is 1.92 bits per heavy atom. The lowest BCUT2D eigenvalue weighted by Gasteiger charge is -2.11. The van der Waals surface area contributed by atoms with E-state index in [2.05, 4.69) is 16.3 Å². The molecule has 1 heterocycles. The van der Waals surface area contributed by atoms with Crippen LogP contribution in [-0.2, 0) is 0 Å². The predicted molar refractivity (Wildman–Crippen MR) is 99.0 cm³/mol. The molecule has 5 nitrogen and oxygen atoms in total. The van der Waals surface area contributed by atoms with Crippen LogP contribution in [0.3, 0.4) is 0 Å². The minimum Gasteiger partial charge on any atom is -0.497 e. The van der Waals surface area contributed by atoms with E-state index in [1.54, 1.807) is 7.11 Å². The highest BCUT2D eigenvalue weighted by Crippen LogP contribution is 2.31. The molecule has 126 valence electrons. The molecule has 1 atom stereocenters. The van der Waals surface area contributed by atoms with E-state index in [0.29, 0.717) is 5.16 Å². The summed E-state index contributed by atoms with van der Waals surface area (Å²) in [6.07, 6.45) is 0. The molecule has 0 N–H and O–H groups in total. The topological polar surface area (TPSA) is 63.7 Å². The average Bonchev–Trinajstić information content (AvgIpc) is 3.05. The molecule has 2 aromatic carbocycles. The number of thioether (sulfide) groups is 1. The van der Waals surface area contributed by atoms with Gasteiger partial charge in [0.05, 0.1) is 18.4 Å². The summed E-state index contributed by atoms with van der Waals surface area (Å²) in [4.78, 5) is 0. The van der Waals surface area contributed by atoms with E-state index in [1.807, 2.05) is 66.9 Å². The molecular formula is C19H18N4OS. The Morgan fingerprint density at radius 3 is 2.60 bits per heavy atom. The van der Waals surface area contributed by atoms with E-state index in [4.69, 9.17) is 10.00 Å². The van der Waals surface area contributed by atoms with Gasteiger partial charge in [-0.3, -0.25) is 4.57 Å². The number of hydrogen-bond donors (Lipinski definition) is 0. The number of nitriles is 1. The molecule has 0 radical (unpaired) electrons. The molecule has 0 aliphatic carbocycles. The first kappa shape index (κ1) is 17.1. The Hall–Kier alpha value is -2.78. The second-order valence-corrected chi connectivity index (χ2v) is 6.91. The summed E-state index contributed by atoms with van der Waals surface area (Å²) in [6, 6.07) is 18.1. The van der Waals surface area contributed by atoms with Crippen molar-refractivity contribution in [3.63, 3.8) is 0 Å². The van der Waals surface area contributed by atoms with Crippen molar-refractivity contribution in [3.8, 4) is 28.9 Å². The van der Waals surface area contributed by atoms with Gasteiger partial charge in [-0.15, -0.1) is 10.2 Å². The van der Waals surface area contributed by atoms with E-state index in [1.165, 1.54) is 17.3 Å². The fourth-order valence-corrected chi connectivity index (χ4v) is 3.16. The molecule has 1 aromatic heterocycles. The van der Waals surface area contributed by atoms with Crippen molar-refractivity contribution in [2.24, 2.45) is 0 Å². The Balaban J connectivity index is 2.15. The maximum absolute atomic E-state index is 9.14. The van der Waals surface area contributed by atoms with Crippen LogP contribution in [0.2, 0.25) is 0 Å². The highest BCUT2D eigenvalue weighted by atomic mass is 32.2. The third kappa shape index (κ3) is 3.67. The molecule has 0 aliphatic heterocycles. The van der Waals surface area contributed by atoms with Crippen molar-refractivity contribution in [3.05, 3.63) is 54.1 Å². The Kier molecular flexibility index (Phi) is 5.05. The molecule has 3 rings (SSSR count). The van der Waals surface area contributed by atoms with Crippen LogP contribution >= 0.6 is 11.8 Å². The minimum atomic E-state index is -0.216. The summed E-state index contributed by atoms with van der Waals surface area (Å²) in [5, 5.41) is 18.3. The van der Waals surface area contributed by atoms with E-state index in [-0.39, 0.29) is 5.25 Å². The summed E-state index contributed by atoms with van der Waals surface area (Å²) >= 11 is 1.39. The Morgan fingerprint density at radius 1 is 1.16 bits per heavy atom. The van der Waals surface area contributed by atoms with Crippen LogP contribution < -0.4 is 4.74 Å². The Labute approximate surface area is 151 Å². The van der Waals surface area contributed by atoms with Gasteiger partial charge in [-0.25, -0.2) is 0 Å². The third-order valence-electron chi connectivity index (χ3n) is 3.72. The lowest BCUT2D eigenvalue weighted by molar-refractivity contribution is 0.415.